The molecule has 20 heavy (non-hydrogen) atoms. The van der Waals surface area contributed by atoms with Gasteiger partial charge < -0.3 is 20.6 Å². The molecule has 0 atom stereocenters. The standard InChI is InChI=1S/C14H16N2O4/c15-13(17)2-1-5-16-8-9-3-4-11-10(6-9)7-12(20-11)14(18)19/h3-4,6-7,16H,1-2,5,8H2,(H2,15,17)(H,18,19). The van der Waals surface area contributed by atoms with Gasteiger partial charge in [-0.05, 0) is 36.7 Å². The third-order valence-corrected chi connectivity index (χ3v) is 2.90. The molecule has 0 aliphatic rings. The zero-order chi connectivity index (χ0) is 14.5. The summed E-state index contributed by atoms with van der Waals surface area (Å²) >= 11 is 0. The quantitative estimate of drug-likeness (QED) is 0.664. The Morgan fingerprint density at radius 3 is 2.80 bits per heavy atom. The maximum absolute atomic E-state index is 10.8. The maximum Gasteiger partial charge on any atom is 0.371 e. The molecule has 0 saturated heterocycles. The minimum absolute atomic E-state index is 0.0634. The zero-order valence-electron chi connectivity index (χ0n) is 10.9. The summed E-state index contributed by atoms with van der Waals surface area (Å²) < 4.78 is 5.18. The first-order valence-electron chi connectivity index (χ1n) is 6.31. The Balaban J connectivity index is 1.94. The monoisotopic (exact) mass is 276 g/mol. The molecule has 6 nitrogen and oxygen atoms in total. The Morgan fingerprint density at radius 1 is 1.30 bits per heavy atom. The minimum Gasteiger partial charge on any atom is -0.475 e. The van der Waals surface area contributed by atoms with E-state index >= 15 is 0 Å². The van der Waals surface area contributed by atoms with Crippen molar-refractivity contribution in [2.24, 2.45) is 5.73 Å². The van der Waals surface area contributed by atoms with Crippen LogP contribution in [-0.2, 0) is 11.3 Å². The summed E-state index contributed by atoms with van der Waals surface area (Å²) in [5.41, 5.74) is 6.63. The van der Waals surface area contributed by atoms with Crippen LogP contribution in [0.2, 0.25) is 0 Å². The average Bonchev–Trinajstić information content (AvgIpc) is 2.81. The summed E-state index contributed by atoms with van der Waals surface area (Å²) in [7, 11) is 0. The fourth-order valence-electron chi connectivity index (χ4n) is 1.93. The molecule has 1 amide bonds. The van der Waals surface area contributed by atoms with Crippen LogP contribution in [0.4, 0.5) is 0 Å². The van der Waals surface area contributed by atoms with Crippen molar-refractivity contribution >= 4 is 22.8 Å². The number of carbonyl (C=O) groups excluding carboxylic acids is 1. The molecule has 0 aliphatic carbocycles. The van der Waals surface area contributed by atoms with E-state index in [1.165, 1.54) is 6.07 Å². The number of hydrogen-bond acceptors (Lipinski definition) is 4. The predicted molar refractivity (Wildman–Crippen MR) is 73.3 cm³/mol. The maximum atomic E-state index is 10.8. The van der Waals surface area contributed by atoms with Crippen LogP contribution in [0.3, 0.4) is 0 Å². The highest BCUT2D eigenvalue weighted by Gasteiger charge is 2.10. The van der Waals surface area contributed by atoms with E-state index in [0.717, 1.165) is 10.9 Å². The molecule has 0 unspecified atom stereocenters. The Bertz CT molecular complexity index is 633. The van der Waals surface area contributed by atoms with E-state index in [1.807, 2.05) is 12.1 Å². The van der Waals surface area contributed by atoms with E-state index in [0.29, 0.717) is 31.5 Å². The molecule has 0 aliphatic heterocycles. The van der Waals surface area contributed by atoms with Crippen LogP contribution in [0.15, 0.2) is 28.7 Å². The smallest absolute Gasteiger partial charge is 0.371 e. The molecule has 0 saturated carbocycles. The number of benzene rings is 1. The van der Waals surface area contributed by atoms with Crippen LogP contribution >= 0.6 is 0 Å². The molecule has 0 radical (unpaired) electrons. The first-order valence-corrected chi connectivity index (χ1v) is 6.31. The number of carbonyl (C=O) groups is 2. The van der Waals surface area contributed by atoms with Gasteiger partial charge >= 0.3 is 5.97 Å². The molecule has 106 valence electrons. The number of aromatic carboxylic acids is 1. The van der Waals surface area contributed by atoms with Crippen LogP contribution in [0.5, 0.6) is 0 Å². The number of nitrogens with one attached hydrogen (secondary N) is 1. The number of primary amides is 1. The Hall–Kier alpha value is -2.34. The molecule has 0 spiro atoms. The highest BCUT2D eigenvalue weighted by molar-refractivity contribution is 5.91. The lowest BCUT2D eigenvalue weighted by Gasteiger charge is -2.04. The van der Waals surface area contributed by atoms with Gasteiger partial charge in [0.15, 0.2) is 0 Å². The van der Waals surface area contributed by atoms with Crippen molar-refractivity contribution in [3.05, 3.63) is 35.6 Å². The fraction of sp³-hybridized carbons (Fsp3) is 0.286. The van der Waals surface area contributed by atoms with Gasteiger partial charge in [-0.1, -0.05) is 6.07 Å². The molecule has 1 aromatic heterocycles. The molecule has 0 bridgehead atoms. The number of carboxylic acid groups (broad SMARTS) is 1. The number of rotatable bonds is 7. The first kappa shape index (κ1) is 14.1. The second-order valence-electron chi connectivity index (χ2n) is 4.53. The van der Waals surface area contributed by atoms with Crippen molar-refractivity contribution in [3.8, 4) is 0 Å². The van der Waals surface area contributed by atoms with Gasteiger partial charge in [0.05, 0.1) is 0 Å². The van der Waals surface area contributed by atoms with Crippen molar-refractivity contribution in [3.63, 3.8) is 0 Å². The minimum atomic E-state index is -1.08. The number of carboxylic acids is 1. The predicted octanol–water partition coefficient (Wildman–Crippen LogP) is 1.49. The molecule has 2 aromatic rings. The number of hydrogen-bond donors (Lipinski definition) is 3. The summed E-state index contributed by atoms with van der Waals surface area (Å²) in [5.74, 6) is -1.44. The second kappa shape index (κ2) is 6.21. The van der Waals surface area contributed by atoms with Crippen molar-refractivity contribution in [2.75, 3.05) is 6.54 Å². The van der Waals surface area contributed by atoms with Crippen LogP contribution in [0.1, 0.15) is 29.0 Å². The van der Waals surface area contributed by atoms with E-state index in [1.54, 1.807) is 6.07 Å². The van der Waals surface area contributed by atoms with Crippen LogP contribution in [0.25, 0.3) is 11.0 Å². The van der Waals surface area contributed by atoms with E-state index in [9.17, 15) is 9.59 Å². The average molecular weight is 276 g/mol. The van der Waals surface area contributed by atoms with Gasteiger partial charge in [0.2, 0.25) is 11.7 Å². The van der Waals surface area contributed by atoms with Gasteiger partial charge in [-0.15, -0.1) is 0 Å². The SMILES string of the molecule is NC(=O)CCCNCc1ccc2oc(C(=O)O)cc2c1. The molecule has 1 heterocycles. The van der Waals surface area contributed by atoms with E-state index in [2.05, 4.69) is 5.32 Å². The second-order valence-corrected chi connectivity index (χ2v) is 4.53. The lowest BCUT2D eigenvalue weighted by molar-refractivity contribution is -0.118. The fourth-order valence-corrected chi connectivity index (χ4v) is 1.93. The highest BCUT2D eigenvalue weighted by atomic mass is 16.4. The molecule has 4 N–H and O–H groups in total. The molecule has 0 fully saturated rings. The summed E-state index contributed by atoms with van der Waals surface area (Å²) in [5, 5.41) is 12.8. The van der Waals surface area contributed by atoms with Crippen molar-refractivity contribution in [2.45, 2.75) is 19.4 Å². The molecular formula is C14H16N2O4. The number of amides is 1. The number of fused-ring (bicyclic) bond motifs is 1. The normalized spacial score (nSPS) is 10.8. The Kier molecular flexibility index (Phi) is 4.37. The van der Waals surface area contributed by atoms with Crippen LogP contribution in [0, 0.1) is 0 Å². The van der Waals surface area contributed by atoms with E-state index in [4.69, 9.17) is 15.3 Å². The third-order valence-electron chi connectivity index (χ3n) is 2.90. The third kappa shape index (κ3) is 3.58. The van der Waals surface area contributed by atoms with Crippen LogP contribution in [-0.4, -0.2) is 23.5 Å². The highest BCUT2D eigenvalue weighted by Crippen LogP contribution is 2.20. The van der Waals surface area contributed by atoms with Gasteiger partial charge in [0.1, 0.15) is 5.58 Å². The Morgan fingerprint density at radius 2 is 2.10 bits per heavy atom. The molecule has 6 heteroatoms. The van der Waals surface area contributed by atoms with Crippen molar-refractivity contribution in [1.82, 2.24) is 5.32 Å². The largest absolute Gasteiger partial charge is 0.475 e. The Labute approximate surface area is 115 Å². The summed E-state index contributed by atoms with van der Waals surface area (Å²) in [4.78, 5) is 21.4. The topological polar surface area (TPSA) is 106 Å². The van der Waals surface area contributed by atoms with Crippen molar-refractivity contribution in [1.29, 1.82) is 0 Å². The lowest BCUT2D eigenvalue weighted by atomic mass is 10.1. The van der Waals surface area contributed by atoms with E-state index < -0.39 is 5.97 Å². The van der Waals surface area contributed by atoms with Crippen LogP contribution < -0.4 is 11.1 Å². The van der Waals surface area contributed by atoms with Crippen molar-refractivity contribution < 1.29 is 19.1 Å². The van der Waals surface area contributed by atoms with Gasteiger partial charge in [0.25, 0.3) is 0 Å². The number of furan rings is 1. The molecule has 1 aromatic carbocycles. The van der Waals surface area contributed by atoms with Gasteiger partial charge in [-0.3, -0.25) is 4.79 Å². The first-order chi connectivity index (χ1) is 9.56. The molecular weight excluding hydrogens is 260 g/mol. The summed E-state index contributed by atoms with van der Waals surface area (Å²) in [6.45, 7) is 1.34. The summed E-state index contributed by atoms with van der Waals surface area (Å²) in [6, 6.07) is 7.02. The van der Waals surface area contributed by atoms with Gasteiger partial charge in [-0.25, -0.2) is 4.79 Å². The zero-order valence-corrected chi connectivity index (χ0v) is 10.9. The summed E-state index contributed by atoms with van der Waals surface area (Å²) in [6.07, 6.45) is 1.07. The van der Waals surface area contributed by atoms with E-state index in [-0.39, 0.29) is 11.7 Å². The van der Waals surface area contributed by atoms with Gasteiger partial charge in [-0.2, -0.15) is 0 Å². The lowest BCUT2D eigenvalue weighted by Crippen LogP contribution is -2.18. The number of nitrogens with two attached hydrogens (primary N) is 1. The van der Waals surface area contributed by atoms with Gasteiger partial charge in [0, 0.05) is 18.4 Å². The molecule has 2 rings (SSSR count).